The van der Waals surface area contributed by atoms with E-state index in [0.29, 0.717) is 6.61 Å². The van der Waals surface area contributed by atoms with E-state index in [1.54, 1.807) is 7.11 Å². The van der Waals surface area contributed by atoms with E-state index in [1.165, 1.54) is 18.4 Å². The van der Waals surface area contributed by atoms with Gasteiger partial charge < -0.3 is 9.84 Å². The first-order valence-electron chi connectivity index (χ1n) is 6.49. The minimum Gasteiger partial charge on any atom is -0.388 e. The SMILES string of the molecule is COCCC(C)C(O)c1ccc(C2CC2)cc1. The minimum absolute atomic E-state index is 0.238. The molecule has 17 heavy (non-hydrogen) atoms. The van der Waals surface area contributed by atoms with Gasteiger partial charge in [-0.15, -0.1) is 0 Å². The number of hydrogen-bond acceptors (Lipinski definition) is 2. The van der Waals surface area contributed by atoms with Crippen LogP contribution >= 0.6 is 0 Å². The van der Waals surface area contributed by atoms with Crippen LogP contribution in [0.4, 0.5) is 0 Å². The lowest BCUT2D eigenvalue weighted by Gasteiger charge is -2.19. The molecule has 0 heterocycles. The van der Waals surface area contributed by atoms with Gasteiger partial charge >= 0.3 is 0 Å². The summed E-state index contributed by atoms with van der Waals surface area (Å²) in [7, 11) is 1.70. The third-order valence-electron chi connectivity index (χ3n) is 3.64. The predicted molar refractivity (Wildman–Crippen MR) is 69.0 cm³/mol. The van der Waals surface area contributed by atoms with E-state index in [-0.39, 0.29) is 12.0 Å². The summed E-state index contributed by atoms with van der Waals surface area (Å²) in [5.41, 5.74) is 2.45. The summed E-state index contributed by atoms with van der Waals surface area (Å²) in [6.45, 7) is 2.77. The Hall–Kier alpha value is -0.860. The van der Waals surface area contributed by atoms with Crippen LogP contribution in [0.5, 0.6) is 0 Å². The van der Waals surface area contributed by atoms with E-state index < -0.39 is 0 Å². The summed E-state index contributed by atoms with van der Waals surface area (Å²) in [6, 6.07) is 8.47. The number of methoxy groups -OCH3 is 1. The molecule has 1 aromatic rings. The van der Waals surface area contributed by atoms with Crippen LogP contribution in [0.3, 0.4) is 0 Å². The van der Waals surface area contributed by atoms with Crippen LogP contribution in [-0.2, 0) is 4.74 Å². The molecule has 0 bridgehead atoms. The summed E-state index contributed by atoms with van der Waals surface area (Å²) in [4.78, 5) is 0. The number of benzene rings is 1. The van der Waals surface area contributed by atoms with Crippen molar-refractivity contribution in [3.63, 3.8) is 0 Å². The summed E-state index contributed by atoms with van der Waals surface area (Å²) < 4.78 is 5.05. The Balaban J connectivity index is 1.95. The van der Waals surface area contributed by atoms with Crippen molar-refractivity contribution in [3.8, 4) is 0 Å². The first kappa shape index (κ1) is 12.6. The minimum atomic E-state index is -0.376. The van der Waals surface area contributed by atoms with Crippen molar-refractivity contribution in [1.82, 2.24) is 0 Å². The molecule has 1 fully saturated rings. The van der Waals surface area contributed by atoms with Crippen molar-refractivity contribution >= 4 is 0 Å². The molecule has 2 heteroatoms. The molecular weight excluding hydrogens is 212 g/mol. The van der Waals surface area contributed by atoms with Crippen molar-refractivity contribution in [3.05, 3.63) is 35.4 Å². The lowest BCUT2D eigenvalue weighted by Crippen LogP contribution is -2.11. The number of aliphatic hydroxyl groups excluding tert-OH is 1. The number of rotatable bonds is 6. The highest BCUT2D eigenvalue weighted by molar-refractivity contribution is 5.29. The molecule has 0 aliphatic heterocycles. The van der Waals surface area contributed by atoms with Crippen molar-refractivity contribution in [2.24, 2.45) is 5.92 Å². The van der Waals surface area contributed by atoms with Gasteiger partial charge in [0.05, 0.1) is 6.10 Å². The molecule has 1 aliphatic rings. The number of ether oxygens (including phenoxy) is 1. The van der Waals surface area contributed by atoms with Gasteiger partial charge in [-0.2, -0.15) is 0 Å². The first-order chi connectivity index (χ1) is 8.22. The molecule has 1 saturated carbocycles. The lowest BCUT2D eigenvalue weighted by atomic mass is 9.94. The highest BCUT2D eigenvalue weighted by atomic mass is 16.5. The predicted octanol–water partition coefficient (Wildman–Crippen LogP) is 3.27. The average Bonchev–Trinajstić information content (AvgIpc) is 3.19. The molecule has 2 nitrogen and oxygen atoms in total. The quantitative estimate of drug-likeness (QED) is 0.818. The average molecular weight is 234 g/mol. The Kier molecular flexibility index (Phi) is 4.19. The highest BCUT2D eigenvalue weighted by Crippen LogP contribution is 2.40. The number of aliphatic hydroxyl groups is 1. The molecule has 0 radical (unpaired) electrons. The fraction of sp³-hybridized carbons (Fsp3) is 0.600. The van der Waals surface area contributed by atoms with Crippen molar-refractivity contribution in [1.29, 1.82) is 0 Å². The third kappa shape index (κ3) is 3.30. The molecule has 2 atom stereocenters. The van der Waals surface area contributed by atoms with E-state index in [1.807, 2.05) is 0 Å². The van der Waals surface area contributed by atoms with Gasteiger partial charge in [-0.3, -0.25) is 0 Å². The zero-order chi connectivity index (χ0) is 12.3. The van der Waals surface area contributed by atoms with Crippen LogP contribution in [0, 0.1) is 5.92 Å². The molecule has 94 valence electrons. The van der Waals surface area contributed by atoms with Crippen LogP contribution in [0.1, 0.15) is 49.3 Å². The molecule has 0 aromatic heterocycles. The molecule has 1 N–H and O–H groups in total. The Bertz CT molecular complexity index is 340. The largest absolute Gasteiger partial charge is 0.388 e. The van der Waals surface area contributed by atoms with Gasteiger partial charge in [-0.1, -0.05) is 31.2 Å². The Morgan fingerprint density at radius 2 is 1.94 bits per heavy atom. The van der Waals surface area contributed by atoms with Crippen molar-refractivity contribution in [2.45, 2.75) is 38.2 Å². The van der Waals surface area contributed by atoms with Gasteiger partial charge in [0.25, 0.3) is 0 Å². The maximum absolute atomic E-state index is 10.2. The molecule has 1 aliphatic carbocycles. The van der Waals surface area contributed by atoms with Crippen LogP contribution in [0.25, 0.3) is 0 Å². The molecule has 2 unspecified atom stereocenters. The van der Waals surface area contributed by atoms with Gasteiger partial charge in [0, 0.05) is 13.7 Å². The zero-order valence-corrected chi connectivity index (χ0v) is 10.7. The molecule has 0 saturated heterocycles. The maximum atomic E-state index is 10.2. The van der Waals surface area contributed by atoms with Crippen LogP contribution in [0.15, 0.2) is 24.3 Å². The third-order valence-corrected chi connectivity index (χ3v) is 3.64. The fourth-order valence-corrected chi connectivity index (χ4v) is 2.17. The van der Waals surface area contributed by atoms with E-state index in [0.717, 1.165) is 17.9 Å². The summed E-state index contributed by atoms with van der Waals surface area (Å²) in [5.74, 6) is 1.02. The van der Waals surface area contributed by atoms with Gasteiger partial charge in [0.1, 0.15) is 0 Å². The first-order valence-corrected chi connectivity index (χ1v) is 6.49. The second-order valence-corrected chi connectivity index (χ2v) is 5.14. The van der Waals surface area contributed by atoms with Crippen LogP contribution in [0.2, 0.25) is 0 Å². The van der Waals surface area contributed by atoms with Crippen molar-refractivity contribution < 1.29 is 9.84 Å². The van der Waals surface area contributed by atoms with Crippen LogP contribution < -0.4 is 0 Å². The van der Waals surface area contributed by atoms with Gasteiger partial charge in [-0.05, 0) is 42.2 Å². The van der Waals surface area contributed by atoms with Crippen molar-refractivity contribution in [2.75, 3.05) is 13.7 Å². The second-order valence-electron chi connectivity index (χ2n) is 5.14. The van der Waals surface area contributed by atoms with Crippen LogP contribution in [-0.4, -0.2) is 18.8 Å². The lowest BCUT2D eigenvalue weighted by molar-refractivity contribution is 0.0886. The Labute approximate surface area is 104 Å². The van der Waals surface area contributed by atoms with E-state index >= 15 is 0 Å². The fourth-order valence-electron chi connectivity index (χ4n) is 2.17. The van der Waals surface area contributed by atoms with E-state index in [4.69, 9.17) is 4.74 Å². The van der Waals surface area contributed by atoms with Gasteiger partial charge in [-0.25, -0.2) is 0 Å². The van der Waals surface area contributed by atoms with E-state index in [9.17, 15) is 5.11 Å². The maximum Gasteiger partial charge on any atom is 0.0816 e. The standard InChI is InChI=1S/C15H22O2/c1-11(9-10-17-2)15(16)14-7-5-13(6-8-14)12-3-4-12/h5-8,11-12,15-16H,3-4,9-10H2,1-2H3. The second kappa shape index (κ2) is 5.65. The summed E-state index contributed by atoms with van der Waals surface area (Å²) in [5, 5.41) is 10.2. The molecule has 1 aromatic carbocycles. The van der Waals surface area contributed by atoms with Gasteiger partial charge in [0.15, 0.2) is 0 Å². The highest BCUT2D eigenvalue weighted by Gasteiger charge is 2.23. The zero-order valence-electron chi connectivity index (χ0n) is 10.7. The summed E-state index contributed by atoms with van der Waals surface area (Å²) >= 11 is 0. The molecule has 0 amide bonds. The summed E-state index contributed by atoms with van der Waals surface area (Å²) in [6.07, 6.45) is 3.17. The Morgan fingerprint density at radius 1 is 1.29 bits per heavy atom. The van der Waals surface area contributed by atoms with E-state index in [2.05, 4.69) is 31.2 Å². The molecule has 0 spiro atoms. The normalized spacial score (nSPS) is 19.0. The Morgan fingerprint density at radius 3 is 2.47 bits per heavy atom. The van der Waals surface area contributed by atoms with Gasteiger partial charge in [0.2, 0.25) is 0 Å². The smallest absolute Gasteiger partial charge is 0.0816 e. The monoisotopic (exact) mass is 234 g/mol. The molecule has 2 rings (SSSR count). The number of hydrogen-bond donors (Lipinski definition) is 1. The topological polar surface area (TPSA) is 29.5 Å². The molecular formula is C15H22O2.